The van der Waals surface area contributed by atoms with Crippen molar-refractivity contribution in [1.29, 1.82) is 5.41 Å². The minimum Gasteiger partial charge on any atom is -0.480 e. The second-order valence-corrected chi connectivity index (χ2v) is 7.17. The van der Waals surface area contributed by atoms with E-state index in [1.807, 2.05) is 31.2 Å². The van der Waals surface area contributed by atoms with Crippen LogP contribution in [0.15, 0.2) is 66.3 Å². The summed E-state index contributed by atoms with van der Waals surface area (Å²) >= 11 is 4.26. The molecule has 0 radical (unpaired) electrons. The van der Waals surface area contributed by atoms with E-state index in [9.17, 15) is 4.79 Å². The third-order valence-electron chi connectivity index (χ3n) is 4.77. The van der Waals surface area contributed by atoms with Crippen LogP contribution in [-0.2, 0) is 4.79 Å². The van der Waals surface area contributed by atoms with Crippen molar-refractivity contribution in [3.05, 3.63) is 88.6 Å². The highest BCUT2D eigenvalue weighted by Crippen LogP contribution is 2.27. The van der Waals surface area contributed by atoms with Gasteiger partial charge in [-0.15, -0.1) is 6.42 Å². The van der Waals surface area contributed by atoms with Gasteiger partial charge in [0.1, 0.15) is 17.6 Å². The molecule has 0 amide bonds. The molecule has 6 nitrogen and oxygen atoms in total. The average Bonchev–Trinajstić information content (AvgIpc) is 2.83. The van der Waals surface area contributed by atoms with Gasteiger partial charge in [0.2, 0.25) is 11.7 Å². The lowest BCUT2D eigenvalue weighted by atomic mass is 9.91. The van der Waals surface area contributed by atoms with Gasteiger partial charge < -0.3 is 10.1 Å². The van der Waals surface area contributed by atoms with Crippen molar-refractivity contribution >= 4 is 35.5 Å². The van der Waals surface area contributed by atoms with E-state index in [2.05, 4.69) is 33.8 Å². The summed E-state index contributed by atoms with van der Waals surface area (Å²) in [6.45, 7) is 1.93. The third-order valence-corrected chi connectivity index (χ3v) is 5.03. The monoisotopic (exact) mass is 442 g/mol. The van der Waals surface area contributed by atoms with E-state index in [-0.39, 0.29) is 5.71 Å². The Hall–Kier alpha value is -3.89. The second kappa shape index (κ2) is 10.4. The molecule has 2 N–H and O–H groups in total. The number of hydrogen-bond acceptors (Lipinski definition) is 7. The van der Waals surface area contributed by atoms with Crippen molar-refractivity contribution in [2.24, 2.45) is 0 Å². The molecule has 1 atom stereocenters. The largest absolute Gasteiger partial charge is 0.480 e. The summed E-state index contributed by atoms with van der Waals surface area (Å²) in [6, 6.07) is 13.7. The molecule has 3 aromatic rings. The zero-order chi connectivity index (χ0) is 23.1. The lowest BCUT2D eigenvalue weighted by Gasteiger charge is -2.21. The number of thiol groups is 1. The summed E-state index contributed by atoms with van der Waals surface area (Å²) in [5.74, 6) is 2.78. The Kier molecular flexibility index (Phi) is 7.42. The van der Waals surface area contributed by atoms with Crippen LogP contribution in [0.5, 0.6) is 5.88 Å². The van der Waals surface area contributed by atoms with E-state index in [0.29, 0.717) is 34.0 Å². The first-order chi connectivity index (χ1) is 15.5. The zero-order valence-electron chi connectivity index (χ0n) is 17.7. The van der Waals surface area contributed by atoms with E-state index < -0.39 is 11.8 Å². The molecular formula is C25H22N4O2S. The van der Waals surface area contributed by atoms with Crippen molar-refractivity contribution < 1.29 is 9.53 Å². The normalized spacial score (nSPS) is 11.9. The van der Waals surface area contributed by atoms with Crippen LogP contribution in [0, 0.1) is 24.7 Å². The number of ketones is 1. The number of Topliss-reactive ketones (excluding diaryl/α,β-unsaturated/α-hetero) is 1. The molecule has 0 fully saturated rings. The van der Waals surface area contributed by atoms with Gasteiger partial charge in [-0.25, -0.2) is 0 Å². The van der Waals surface area contributed by atoms with Crippen molar-refractivity contribution in [2.75, 3.05) is 12.4 Å². The van der Waals surface area contributed by atoms with Gasteiger partial charge in [-0.05, 0) is 24.0 Å². The fourth-order valence-corrected chi connectivity index (χ4v) is 3.47. The lowest BCUT2D eigenvalue weighted by molar-refractivity contribution is -0.113. The summed E-state index contributed by atoms with van der Waals surface area (Å²) < 4.78 is 5.13. The number of ether oxygens (including phenoxy) is 1. The van der Waals surface area contributed by atoms with Crippen LogP contribution in [0.4, 0.5) is 5.82 Å². The number of aromatic nitrogens is 2. The molecule has 160 valence electrons. The topological polar surface area (TPSA) is 88.0 Å². The van der Waals surface area contributed by atoms with Crippen molar-refractivity contribution in [3.8, 4) is 18.2 Å². The smallest absolute Gasteiger partial charge is 0.233 e. The lowest BCUT2D eigenvalue weighted by Crippen LogP contribution is -2.29. The molecule has 1 heterocycles. The average molecular weight is 443 g/mol. The second-order valence-electron chi connectivity index (χ2n) is 6.91. The van der Waals surface area contributed by atoms with Crippen LogP contribution < -0.4 is 10.1 Å². The van der Waals surface area contributed by atoms with Crippen LogP contribution in [0.25, 0.3) is 5.57 Å². The molecule has 1 aromatic heterocycles. The first-order valence-electron chi connectivity index (χ1n) is 9.71. The van der Waals surface area contributed by atoms with Crippen LogP contribution in [-0.4, -0.2) is 28.6 Å². The fourth-order valence-electron chi connectivity index (χ4n) is 3.20. The number of hydrogen-bond donors (Lipinski definition) is 3. The molecule has 1 unspecified atom stereocenters. The molecule has 2 aromatic carbocycles. The molecule has 3 rings (SSSR count). The van der Waals surface area contributed by atoms with E-state index in [0.717, 1.165) is 5.56 Å². The van der Waals surface area contributed by atoms with Crippen molar-refractivity contribution in [3.63, 3.8) is 0 Å². The van der Waals surface area contributed by atoms with Crippen LogP contribution in [0.3, 0.4) is 0 Å². The Labute approximate surface area is 192 Å². The van der Waals surface area contributed by atoms with Gasteiger partial charge in [-0.3, -0.25) is 15.2 Å². The van der Waals surface area contributed by atoms with Gasteiger partial charge in [-0.1, -0.05) is 53.9 Å². The molecule has 7 heteroatoms. The highest BCUT2D eigenvalue weighted by molar-refractivity contribution is 7.83. The first-order valence-corrected chi connectivity index (χ1v) is 10.2. The number of carbonyl (C=O) groups excluding carboxylic acids is 1. The van der Waals surface area contributed by atoms with E-state index in [1.54, 1.807) is 24.3 Å². The molecule has 0 bridgehead atoms. The zero-order valence-corrected chi connectivity index (χ0v) is 18.6. The highest BCUT2D eigenvalue weighted by Gasteiger charge is 2.28. The molecule has 0 aliphatic carbocycles. The molecule has 0 aliphatic rings. The van der Waals surface area contributed by atoms with Gasteiger partial charge in [0.25, 0.3) is 0 Å². The minimum atomic E-state index is -0.884. The summed E-state index contributed by atoms with van der Waals surface area (Å²) in [5, 5.41) is 13.2. The maximum atomic E-state index is 13.6. The molecule has 0 spiro atoms. The van der Waals surface area contributed by atoms with E-state index >= 15 is 0 Å². The number of nitrogens with one attached hydrogen (secondary N) is 2. The predicted octanol–water partition coefficient (Wildman–Crippen LogP) is 4.49. The Morgan fingerprint density at radius 1 is 1.25 bits per heavy atom. The van der Waals surface area contributed by atoms with E-state index in [4.69, 9.17) is 16.6 Å². The highest BCUT2D eigenvalue weighted by atomic mass is 32.1. The maximum Gasteiger partial charge on any atom is 0.233 e. The molecule has 32 heavy (non-hydrogen) atoms. The van der Waals surface area contributed by atoms with Crippen LogP contribution >= 0.6 is 12.6 Å². The number of benzene rings is 2. The van der Waals surface area contributed by atoms with E-state index in [1.165, 1.54) is 24.9 Å². The number of methoxy groups -OCH3 is 1. The minimum absolute atomic E-state index is 0.224. The fraction of sp³-hybridized carbons (Fsp3) is 0.120. The summed E-state index contributed by atoms with van der Waals surface area (Å²) in [4.78, 5) is 22.0. The first kappa shape index (κ1) is 22.8. The van der Waals surface area contributed by atoms with Gasteiger partial charge in [0, 0.05) is 16.7 Å². The number of allylic oxidation sites excluding steroid dienone is 1. The Morgan fingerprint density at radius 3 is 2.72 bits per heavy atom. The van der Waals surface area contributed by atoms with Gasteiger partial charge in [-0.2, -0.15) is 17.6 Å². The third kappa shape index (κ3) is 5.05. The standard InChI is InChI=1S/C25H22N4O2S/c1-4-17-9-5-6-11-19(17)20(15-32)23(26)25(30)24(18-10-7-8-16(2)12-18)29-21-13-27-14-22(28-21)31-3/h1,5-15,24,26,32H,2-3H3,(H,28,29)/b20-15-,26-23?. The Morgan fingerprint density at radius 2 is 2.03 bits per heavy atom. The molecule has 0 aliphatic heterocycles. The predicted molar refractivity (Wildman–Crippen MR) is 130 cm³/mol. The summed E-state index contributed by atoms with van der Waals surface area (Å²) in [6.07, 6.45) is 8.58. The number of terminal acetylenes is 1. The number of rotatable bonds is 8. The Bertz CT molecular complexity index is 1230. The van der Waals surface area contributed by atoms with Crippen LogP contribution in [0.2, 0.25) is 0 Å². The number of carbonyl (C=O) groups is 1. The van der Waals surface area contributed by atoms with Gasteiger partial charge in [0.05, 0.1) is 19.5 Å². The van der Waals surface area contributed by atoms with Crippen molar-refractivity contribution in [1.82, 2.24) is 9.97 Å². The summed E-state index contributed by atoms with van der Waals surface area (Å²) in [5.41, 5.74) is 2.94. The summed E-state index contributed by atoms with van der Waals surface area (Å²) in [7, 11) is 1.49. The molecular weight excluding hydrogens is 420 g/mol. The number of aryl methyl sites for hydroxylation is 1. The molecule has 0 saturated heterocycles. The SMILES string of the molecule is C#Cc1ccccc1/C(=C/S)C(=N)C(=O)C(Nc1cncc(OC)n1)c1cccc(C)c1. The quantitative estimate of drug-likeness (QED) is 0.272. The van der Waals surface area contributed by atoms with Gasteiger partial charge in [0.15, 0.2) is 0 Å². The van der Waals surface area contributed by atoms with Crippen LogP contribution in [0.1, 0.15) is 28.3 Å². The Balaban J connectivity index is 2.02. The van der Waals surface area contributed by atoms with Crippen molar-refractivity contribution in [2.45, 2.75) is 13.0 Å². The number of anilines is 1. The number of nitrogens with zero attached hydrogens (tertiary/aromatic N) is 2. The van der Waals surface area contributed by atoms with Gasteiger partial charge >= 0.3 is 0 Å². The molecule has 0 saturated carbocycles. The maximum absolute atomic E-state index is 13.6.